The van der Waals surface area contributed by atoms with Crippen LogP contribution in [0.2, 0.25) is 0 Å². The first kappa shape index (κ1) is 17.3. The molecular weight excluding hydrogens is 368 g/mol. The molecule has 0 fully saturated rings. The molecule has 1 aliphatic heterocycles. The van der Waals surface area contributed by atoms with Crippen molar-refractivity contribution in [2.45, 2.75) is 18.1 Å². The molecule has 1 amide bonds. The summed E-state index contributed by atoms with van der Waals surface area (Å²) in [7, 11) is 1.59. The minimum absolute atomic E-state index is 0.217. The number of anilines is 1. The Balaban J connectivity index is 1.52. The molecule has 0 spiro atoms. The molecule has 0 radical (unpaired) electrons. The van der Waals surface area contributed by atoms with Crippen molar-refractivity contribution in [3.05, 3.63) is 58.0 Å². The van der Waals surface area contributed by atoms with E-state index >= 15 is 0 Å². The number of fused-ring (bicyclic) bond motifs is 1. The quantitative estimate of drug-likeness (QED) is 0.720. The maximum Gasteiger partial charge on any atom is 0.267 e. The van der Waals surface area contributed by atoms with Crippen LogP contribution in [0.4, 0.5) is 5.88 Å². The lowest BCUT2D eigenvalue weighted by atomic mass is 10.1. The van der Waals surface area contributed by atoms with E-state index < -0.39 is 5.91 Å². The van der Waals surface area contributed by atoms with Gasteiger partial charge in [0, 0.05) is 23.1 Å². The number of carbonyl (C=O) groups excluding carboxylic acids is 1. The van der Waals surface area contributed by atoms with Crippen molar-refractivity contribution >= 4 is 23.6 Å². The number of carbonyl (C=O) groups is 1. The molecule has 0 aliphatic carbocycles. The molecule has 3 heterocycles. The standard InChI is InChI=1S/C18H16N4O4S/c1-25-12-4-2-11(3-5-12)14-6-7-17(24)22(20-14)8-16(23)19-18-13-9-27-10-15(13)21-26-18/h2-7H,8-10H2,1H3,(H,19,23). The molecule has 2 aromatic heterocycles. The lowest BCUT2D eigenvalue weighted by molar-refractivity contribution is -0.117. The van der Waals surface area contributed by atoms with Crippen LogP contribution in [0, 0.1) is 0 Å². The van der Waals surface area contributed by atoms with E-state index in [1.165, 1.54) is 6.07 Å². The Hall–Kier alpha value is -3.07. The zero-order valence-electron chi connectivity index (χ0n) is 14.5. The van der Waals surface area contributed by atoms with Gasteiger partial charge in [0.1, 0.15) is 12.3 Å². The number of benzene rings is 1. The first-order valence-corrected chi connectivity index (χ1v) is 9.37. The van der Waals surface area contributed by atoms with Crippen molar-refractivity contribution in [3.63, 3.8) is 0 Å². The number of amides is 1. The molecule has 138 valence electrons. The second-order valence-corrected chi connectivity index (χ2v) is 6.91. The van der Waals surface area contributed by atoms with Crippen LogP contribution in [0.3, 0.4) is 0 Å². The normalized spacial score (nSPS) is 12.6. The number of nitrogens with zero attached hydrogens (tertiary/aromatic N) is 3. The maximum atomic E-state index is 12.3. The highest BCUT2D eigenvalue weighted by atomic mass is 32.2. The molecule has 8 nitrogen and oxygen atoms in total. The van der Waals surface area contributed by atoms with Crippen molar-refractivity contribution in [1.29, 1.82) is 0 Å². The molecule has 1 aliphatic rings. The van der Waals surface area contributed by atoms with E-state index in [2.05, 4.69) is 15.6 Å². The molecular formula is C18H16N4O4S. The zero-order valence-corrected chi connectivity index (χ0v) is 15.3. The predicted octanol–water partition coefficient (Wildman–Crippen LogP) is 2.29. The van der Waals surface area contributed by atoms with Gasteiger partial charge < -0.3 is 9.26 Å². The van der Waals surface area contributed by atoms with E-state index in [4.69, 9.17) is 9.26 Å². The molecule has 0 unspecified atom stereocenters. The van der Waals surface area contributed by atoms with E-state index in [9.17, 15) is 9.59 Å². The second-order valence-electron chi connectivity index (χ2n) is 5.92. The van der Waals surface area contributed by atoms with Gasteiger partial charge in [-0.2, -0.15) is 16.9 Å². The van der Waals surface area contributed by atoms with Crippen LogP contribution in [-0.2, 0) is 22.8 Å². The smallest absolute Gasteiger partial charge is 0.267 e. The zero-order chi connectivity index (χ0) is 18.8. The van der Waals surface area contributed by atoms with Crippen LogP contribution in [0.25, 0.3) is 11.3 Å². The summed E-state index contributed by atoms with van der Waals surface area (Å²) in [5.41, 5.74) is 2.80. The number of nitrogens with one attached hydrogen (secondary N) is 1. The Morgan fingerprint density at radius 3 is 2.85 bits per heavy atom. The van der Waals surface area contributed by atoms with Crippen LogP contribution in [0.1, 0.15) is 11.3 Å². The summed E-state index contributed by atoms with van der Waals surface area (Å²) >= 11 is 1.71. The minimum atomic E-state index is -0.396. The van der Waals surface area contributed by atoms with Gasteiger partial charge in [-0.25, -0.2) is 4.68 Å². The third kappa shape index (κ3) is 3.59. The maximum absolute atomic E-state index is 12.3. The first-order valence-electron chi connectivity index (χ1n) is 8.21. The Labute approximate surface area is 158 Å². The Morgan fingerprint density at radius 1 is 1.26 bits per heavy atom. The molecule has 0 bridgehead atoms. The fourth-order valence-electron chi connectivity index (χ4n) is 2.73. The van der Waals surface area contributed by atoms with Gasteiger partial charge in [-0.1, -0.05) is 5.16 Å². The highest BCUT2D eigenvalue weighted by Gasteiger charge is 2.23. The van der Waals surface area contributed by atoms with E-state index in [1.807, 2.05) is 24.3 Å². The number of rotatable bonds is 5. The van der Waals surface area contributed by atoms with Crippen molar-refractivity contribution in [1.82, 2.24) is 14.9 Å². The molecule has 27 heavy (non-hydrogen) atoms. The SMILES string of the molecule is COc1ccc(-c2ccc(=O)n(CC(=O)Nc3onc4c3CSC4)n2)cc1. The highest BCUT2D eigenvalue weighted by molar-refractivity contribution is 7.98. The summed E-state index contributed by atoms with van der Waals surface area (Å²) in [6, 6.07) is 10.3. The van der Waals surface area contributed by atoms with Gasteiger partial charge in [0.15, 0.2) is 0 Å². The molecule has 4 rings (SSSR count). The molecule has 3 aromatic rings. The van der Waals surface area contributed by atoms with Gasteiger partial charge in [0.05, 0.1) is 24.1 Å². The van der Waals surface area contributed by atoms with Gasteiger partial charge in [-0.15, -0.1) is 0 Å². The Bertz CT molecular complexity index is 1040. The van der Waals surface area contributed by atoms with Crippen LogP contribution in [-0.4, -0.2) is 28.0 Å². The summed E-state index contributed by atoms with van der Waals surface area (Å²) in [6.07, 6.45) is 0. The molecule has 1 aromatic carbocycles. The summed E-state index contributed by atoms with van der Waals surface area (Å²) in [6.45, 7) is -0.217. The van der Waals surface area contributed by atoms with Gasteiger partial charge in [-0.3, -0.25) is 14.9 Å². The number of thioether (sulfide) groups is 1. The number of hydrogen-bond donors (Lipinski definition) is 1. The van der Waals surface area contributed by atoms with Crippen molar-refractivity contribution in [2.24, 2.45) is 0 Å². The van der Waals surface area contributed by atoms with Gasteiger partial charge in [0.25, 0.3) is 5.56 Å². The van der Waals surface area contributed by atoms with E-state index in [1.54, 1.807) is 24.9 Å². The molecule has 1 N–H and O–H groups in total. The van der Waals surface area contributed by atoms with Crippen LogP contribution in [0.5, 0.6) is 5.75 Å². The third-order valence-electron chi connectivity index (χ3n) is 4.15. The van der Waals surface area contributed by atoms with Crippen LogP contribution in [0.15, 0.2) is 45.7 Å². The molecule has 0 saturated heterocycles. The van der Waals surface area contributed by atoms with Gasteiger partial charge >= 0.3 is 0 Å². The number of ether oxygens (including phenoxy) is 1. The molecule has 9 heteroatoms. The van der Waals surface area contributed by atoms with Crippen molar-refractivity contribution in [2.75, 3.05) is 12.4 Å². The summed E-state index contributed by atoms with van der Waals surface area (Å²) in [5.74, 6) is 2.20. The average molecular weight is 384 g/mol. The minimum Gasteiger partial charge on any atom is -0.497 e. The third-order valence-corrected chi connectivity index (χ3v) is 5.12. The van der Waals surface area contributed by atoms with Gasteiger partial charge in [-0.05, 0) is 30.3 Å². The largest absolute Gasteiger partial charge is 0.497 e. The number of aromatic nitrogens is 3. The van der Waals surface area contributed by atoms with Crippen LogP contribution >= 0.6 is 11.8 Å². The predicted molar refractivity (Wildman–Crippen MR) is 101 cm³/mol. The Kier molecular flexibility index (Phi) is 4.68. The Morgan fingerprint density at radius 2 is 2.07 bits per heavy atom. The van der Waals surface area contributed by atoms with Gasteiger partial charge in [0.2, 0.25) is 11.8 Å². The molecule has 0 atom stereocenters. The van der Waals surface area contributed by atoms with E-state index in [0.717, 1.165) is 38.8 Å². The van der Waals surface area contributed by atoms with E-state index in [0.29, 0.717) is 11.6 Å². The topological polar surface area (TPSA) is 99.2 Å². The lowest BCUT2D eigenvalue weighted by Crippen LogP contribution is -2.29. The second kappa shape index (κ2) is 7.28. The number of hydrogen-bond acceptors (Lipinski definition) is 7. The first-order chi connectivity index (χ1) is 13.1. The van der Waals surface area contributed by atoms with Crippen molar-refractivity contribution in [3.8, 4) is 17.0 Å². The van der Waals surface area contributed by atoms with Crippen molar-refractivity contribution < 1.29 is 14.1 Å². The monoisotopic (exact) mass is 384 g/mol. The number of methoxy groups -OCH3 is 1. The van der Waals surface area contributed by atoms with E-state index in [-0.39, 0.29) is 12.1 Å². The summed E-state index contributed by atoms with van der Waals surface area (Å²) in [5, 5.41) is 10.9. The average Bonchev–Trinajstić information content (AvgIpc) is 3.29. The fourth-order valence-corrected chi connectivity index (χ4v) is 3.76. The summed E-state index contributed by atoms with van der Waals surface area (Å²) < 4.78 is 11.4. The lowest BCUT2D eigenvalue weighted by Gasteiger charge is -2.08. The van der Waals surface area contributed by atoms with Crippen LogP contribution < -0.4 is 15.6 Å². The summed E-state index contributed by atoms with van der Waals surface area (Å²) in [4.78, 5) is 24.4. The molecule has 0 saturated carbocycles. The fraction of sp³-hybridized carbons (Fsp3) is 0.222. The highest BCUT2D eigenvalue weighted by Crippen LogP contribution is 2.34.